The van der Waals surface area contributed by atoms with E-state index in [0.29, 0.717) is 23.8 Å². The number of rotatable bonds is 9. The molecule has 7 heteroatoms. The summed E-state index contributed by atoms with van der Waals surface area (Å²) in [5.74, 6) is 1.70. The lowest BCUT2D eigenvalue weighted by atomic mass is 10.1. The maximum atomic E-state index is 12.9. The number of carbonyl (C=O) groups is 1. The number of piperidine rings is 1. The molecule has 2 aromatic carbocycles. The third-order valence-corrected chi connectivity index (χ3v) is 6.60. The summed E-state index contributed by atoms with van der Waals surface area (Å²) in [6.07, 6.45) is 5.06. The van der Waals surface area contributed by atoms with E-state index in [-0.39, 0.29) is 12.0 Å². The number of aromatic nitrogens is 1. The summed E-state index contributed by atoms with van der Waals surface area (Å²) in [7, 11) is 1.66. The molecule has 2 heterocycles. The summed E-state index contributed by atoms with van der Waals surface area (Å²) in [6.45, 7) is 4.25. The standard InChI is InChI=1S/C25H30N2O4S/c1-3-4-5-16-30-19-8-6-18(7-9-19)24(28)27-14-12-20(13-15-27)31-25-26-22-11-10-21(29-2)17-23(22)32-25/h6-11,17,20H,3-5,12-16H2,1-2H3. The van der Waals surface area contributed by atoms with Crippen molar-refractivity contribution in [2.45, 2.75) is 45.1 Å². The highest BCUT2D eigenvalue weighted by atomic mass is 32.1. The van der Waals surface area contributed by atoms with Gasteiger partial charge in [0.05, 0.1) is 23.9 Å². The molecule has 0 saturated carbocycles. The van der Waals surface area contributed by atoms with Crippen molar-refractivity contribution in [1.82, 2.24) is 9.88 Å². The van der Waals surface area contributed by atoms with Crippen molar-refractivity contribution in [3.63, 3.8) is 0 Å². The Kier molecular flexibility index (Phi) is 7.47. The van der Waals surface area contributed by atoms with Gasteiger partial charge in [-0.3, -0.25) is 4.79 Å². The first-order valence-electron chi connectivity index (χ1n) is 11.3. The van der Waals surface area contributed by atoms with Gasteiger partial charge in [0.2, 0.25) is 0 Å². The minimum Gasteiger partial charge on any atom is -0.497 e. The van der Waals surface area contributed by atoms with E-state index in [9.17, 15) is 4.79 Å². The van der Waals surface area contributed by atoms with Gasteiger partial charge in [-0.05, 0) is 48.9 Å². The monoisotopic (exact) mass is 454 g/mol. The third-order valence-electron chi connectivity index (χ3n) is 5.69. The fourth-order valence-corrected chi connectivity index (χ4v) is 4.71. The van der Waals surface area contributed by atoms with Crippen LogP contribution in [-0.4, -0.2) is 48.7 Å². The van der Waals surface area contributed by atoms with Crippen LogP contribution in [0.25, 0.3) is 10.2 Å². The number of hydrogen-bond donors (Lipinski definition) is 0. The number of unbranched alkanes of at least 4 members (excludes halogenated alkanes) is 2. The molecule has 6 nitrogen and oxygen atoms in total. The molecule has 0 radical (unpaired) electrons. The lowest BCUT2D eigenvalue weighted by Gasteiger charge is -2.31. The normalized spacial score (nSPS) is 14.5. The molecule has 0 unspecified atom stereocenters. The van der Waals surface area contributed by atoms with E-state index in [4.69, 9.17) is 14.2 Å². The summed E-state index contributed by atoms with van der Waals surface area (Å²) in [4.78, 5) is 19.4. The van der Waals surface area contributed by atoms with E-state index in [1.165, 1.54) is 24.2 Å². The van der Waals surface area contributed by atoms with E-state index in [1.54, 1.807) is 7.11 Å². The lowest BCUT2D eigenvalue weighted by Crippen LogP contribution is -2.41. The van der Waals surface area contributed by atoms with Crippen LogP contribution in [0.15, 0.2) is 42.5 Å². The van der Waals surface area contributed by atoms with Crippen molar-refractivity contribution in [3.8, 4) is 16.7 Å². The molecule has 1 saturated heterocycles. The van der Waals surface area contributed by atoms with Gasteiger partial charge < -0.3 is 19.1 Å². The van der Waals surface area contributed by atoms with Crippen molar-refractivity contribution >= 4 is 27.5 Å². The molecule has 1 amide bonds. The summed E-state index contributed by atoms with van der Waals surface area (Å²) < 4.78 is 18.2. The van der Waals surface area contributed by atoms with Gasteiger partial charge >= 0.3 is 0 Å². The molecule has 0 atom stereocenters. The summed E-state index contributed by atoms with van der Waals surface area (Å²) in [6, 6.07) is 13.3. The third kappa shape index (κ3) is 5.51. The Morgan fingerprint density at radius 2 is 1.84 bits per heavy atom. The maximum absolute atomic E-state index is 12.9. The molecule has 0 aliphatic carbocycles. The van der Waals surface area contributed by atoms with Crippen LogP contribution in [0.5, 0.6) is 16.7 Å². The van der Waals surface area contributed by atoms with Gasteiger partial charge in [-0.2, -0.15) is 0 Å². The van der Waals surface area contributed by atoms with Gasteiger partial charge in [-0.15, -0.1) is 0 Å². The zero-order valence-corrected chi connectivity index (χ0v) is 19.5. The van der Waals surface area contributed by atoms with Crippen LogP contribution in [0.1, 0.15) is 49.4 Å². The van der Waals surface area contributed by atoms with E-state index in [0.717, 1.165) is 47.6 Å². The van der Waals surface area contributed by atoms with Crippen LogP contribution < -0.4 is 14.2 Å². The van der Waals surface area contributed by atoms with Crippen LogP contribution in [0, 0.1) is 0 Å². The minimum atomic E-state index is 0.0630. The quantitative estimate of drug-likeness (QED) is 0.396. The molecule has 1 fully saturated rings. The van der Waals surface area contributed by atoms with Crippen LogP contribution in [0.2, 0.25) is 0 Å². The molecule has 1 aliphatic rings. The smallest absolute Gasteiger partial charge is 0.274 e. The Morgan fingerprint density at radius 3 is 2.56 bits per heavy atom. The highest BCUT2D eigenvalue weighted by molar-refractivity contribution is 7.20. The molecular formula is C25H30N2O4S. The highest BCUT2D eigenvalue weighted by Crippen LogP contribution is 2.32. The fraction of sp³-hybridized carbons (Fsp3) is 0.440. The van der Waals surface area contributed by atoms with Crippen molar-refractivity contribution in [2.24, 2.45) is 0 Å². The molecule has 1 aromatic heterocycles. The Hall–Kier alpha value is -2.80. The molecule has 0 N–H and O–H groups in total. The molecule has 170 valence electrons. The number of likely N-dealkylation sites (tertiary alicyclic amines) is 1. The van der Waals surface area contributed by atoms with Crippen LogP contribution in [0.4, 0.5) is 0 Å². The van der Waals surface area contributed by atoms with Crippen LogP contribution in [0.3, 0.4) is 0 Å². The number of methoxy groups -OCH3 is 1. The Bertz CT molecular complexity index is 1030. The minimum absolute atomic E-state index is 0.0630. The largest absolute Gasteiger partial charge is 0.497 e. The molecule has 32 heavy (non-hydrogen) atoms. The van der Waals surface area contributed by atoms with E-state index >= 15 is 0 Å². The zero-order valence-electron chi connectivity index (χ0n) is 18.7. The SMILES string of the molecule is CCCCCOc1ccc(C(=O)N2CCC(Oc3nc4ccc(OC)cc4s3)CC2)cc1. The highest BCUT2D eigenvalue weighted by Gasteiger charge is 2.25. The predicted molar refractivity (Wildman–Crippen MR) is 127 cm³/mol. The number of hydrogen-bond acceptors (Lipinski definition) is 6. The second-order valence-electron chi connectivity index (χ2n) is 8.00. The van der Waals surface area contributed by atoms with Crippen molar-refractivity contribution in [1.29, 1.82) is 0 Å². The number of fused-ring (bicyclic) bond motifs is 1. The van der Waals surface area contributed by atoms with Crippen molar-refractivity contribution < 1.29 is 19.0 Å². The molecule has 0 bridgehead atoms. The molecule has 1 aliphatic heterocycles. The van der Waals surface area contributed by atoms with Crippen LogP contribution >= 0.6 is 11.3 Å². The molecule has 3 aromatic rings. The number of thiazole rings is 1. The van der Waals surface area contributed by atoms with E-state index in [2.05, 4.69) is 11.9 Å². The maximum Gasteiger partial charge on any atom is 0.274 e. The van der Waals surface area contributed by atoms with Gasteiger partial charge in [-0.1, -0.05) is 31.1 Å². The first kappa shape index (κ1) is 22.4. The average molecular weight is 455 g/mol. The first-order chi connectivity index (χ1) is 15.7. The zero-order chi connectivity index (χ0) is 22.3. The van der Waals surface area contributed by atoms with Crippen molar-refractivity contribution in [2.75, 3.05) is 26.8 Å². The van der Waals surface area contributed by atoms with E-state index in [1.807, 2.05) is 47.4 Å². The number of carbonyl (C=O) groups excluding carboxylic acids is 1. The fourth-order valence-electron chi connectivity index (χ4n) is 3.80. The Labute approximate surface area is 193 Å². The summed E-state index contributed by atoms with van der Waals surface area (Å²) in [5.41, 5.74) is 1.61. The number of ether oxygens (including phenoxy) is 3. The van der Waals surface area contributed by atoms with Crippen LogP contribution in [-0.2, 0) is 0 Å². The van der Waals surface area contributed by atoms with E-state index < -0.39 is 0 Å². The predicted octanol–water partition coefficient (Wildman–Crippen LogP) is 5.56. The average Bonchev–Trinajstić information content (AvgIpc) is 3.23. The number of benzene rings is 2. The first-order valence-corrected chi connectivity index (χ1v) is 12.1. The van der Waals surface area contributed by atoms with Gasteiger partial charge in [-0.25, -0.2) is 4.98 Å². The second kappa shape index (κ2) is 10.7. The second-order valence-corrected chi connectivity index (χ2v) is 9.00. The Balaban J connectivity index is 1.27. The van der Waals surface area contributed by atoms with Gasteiger partial charge in [0, 0.05) is 31.5 Å². The summed E-state index contributed by atoms with van der Waals surface area (Å²) in [5, 5.41) is 0.674. The van der Waals surface area contributed by atoms with Gasteiger partial charge in [0.25, 0.3) is 11.1 Å². The topological polar surface area (TPSA) is 60.9 Å². The number of nitrogens with zero attached hydrogens (tertiary/aromatic N) is 2. The lowest BCUT2D eigenvalue weighted by molar-refractivity contribution is 0.0595. The molecule has 0 spiro atoms. The summed E-state index contributed by atoms with van der Waals surface area (Å²) >= 11 is 1.53. The van der Waals surface area contributed by atoms with Gasteiger partial charge in [0.15, 0.2) is 0 Å². The molecular weight excluding hydrogens is 424 g/mol. The molecule has 4 rings (SSSR count). The number of amides is 1. The van der Waals surface area contributed by atoms with Crippen molar-refractivity contribution in [3.05, 3.63) is 48.0 Å². The Morgan fingerprint density at radius 1 is 1.09 bits per heavy atom. The van der Waals surface area contributed by atoms with Gasteiger partial charge in [0.1, 0.15) is 17.6 Å².